The molecule has 0 aromatic rings. The lowest BCUT2D eigenvalue weighted by Gasteiger charge is -2.18. The van der Waals surface area contributed by atoms with E-state index in [-0.39, 0.29) is 44.0 Å². The van der Waals surface area contributed by atoms with E-state index < -0.39 is 6.10 Å². The molecular formula is C74H118O6. The molecule has 0 rings (SSSR count). The van der Waals surface area contributed by atoms with Gasteiger partial charge in [-0.25, -0.2) is 0 Å². The van der Waals surface area contributed by atoms with Crippen molar-refractivity contribution in [2.45, 2.75) is 277 Å². The Bertz CT molecular complexity index is 1790. The highest BCUT2D eigenvalue weighted by Gasteiger charge is 2.19. The van der Waals surface area contributed by atoms with Crippen molar-refractivity contribution in [1.82, 2.24) is 0 Å². The number of unbranched alkanes of at least 4 members (excludes halogenated alkanes) is 20. The smallest absolute Gasteiger partial charge is 0.306 e. The maximum absolute atomic E-state index is 12.9. The average Bonchev–Trinajstić information content (AvgIpc) is 3.46. The monoisotopic (exact) mass is 1100 g/mol. The molecule has 0 N–H and O–H groups in total. The van der Waals surface area contributed by atoms with Crippen LogP contribution in [0.4, 0.5) is 0 Å². The zero-order chi connectivity index (χ0) is 57.8. The van der Waals surface area contributed by atoms with Gasteiger partial charge in [-0.1, -0.05) is 301 Å². The van der Waals surface area contributed by atoms with Crippen LogP contribution in [0.25, 0.3) is 0 Å². The molecule has 6 nitrogen and oxygen atoms in total. The molecule has 0 spiro atoms. The van der Waals surface area contributed by atoms with Crippen LogP contribution in [0.3, 0.4) is 0 Å². The summed E-state index contributed by atoms with van der Waals surface area (Å²) in [7, 11) is 0. The lowest BCUT2D eigenvalue weighted by atomic mass is 10.0. The number of allylic oxidation sites excluding steroid dienone is 26. The molecule has 0 aliphatic carbocycles. The van der Waals surface area contributed by atoms with Crippen LogP contribution in [0, 0.1) is 0 Å². The van der Waals surface area contributed by atoms with Gasteiger partial charge < -0.3 is 14.2 Å². The molecule has 0 radical (unpaired) electrons. The van der Waals surface area contributed by atoms with Gasteiger partial charge in [0.1, 0.15) is 13.2 Å². The molecule has 0 aromatic carbocycles. The molecule has 0 aliphatic heterocycles. The van der Waals surface area contributed by atoms with E-state index in [0.29, 0.717) is 19.3 Å². The molecule has 0 aromatic heterocycles. The Kier molecular flexibility index (Phi) is 62.4. The van der Waals surface area contributed by atoms with Crippen molar-refractivity contribution in [3.8, 4) is 0 Å². The van der Waals surface area contributed by atoms with Gasteiger partial charge in [0.2, 0.25) is 0 Å². The minimum Gasteiger partial charge on any atom is -0.462 e. The van der Waals surface area contributed by atoms with E-state index in [1.807, 2.05) is 6.08 Å². The number of rotatable bonds is 57. The summed E-state index contributed by atoms with van der Waals surface area (Å²) in [6, 6.07) is 0. The third-order valence-corrected chi connectivity index (χ3v) is 13.3. The van der Waals surface area contributed by atoms with Gasteiger partial charge in [-0.15, -0.1) is 0 Å². The Morgan fingerprint density at radius 2 is 0.512 bits per heavy atom. The molecule has 0 aliphatic rings. The van der Waals surface area contributed by atoms with Gasteiger partial charge in [-0.05, 0) is 109 Å². The number of esters is 3. The fraction of sp³-hybridized carbons (Fsp3) is 0.608. The topological polar surface area (TPSA) is 78.9 Å². The maximum Gasteiger partial charge on any atom is 0.306 e. The van der Waals surface area contributed by atoms with Gasteiger partial charge >= 0.3 is 17.9 Å². The van der Waals surface area contributed by atoms with Crippen molar-refractivity contribution < 1.29 is 28.6 Å². The van der Waals surface area contributed by atoms with E-state index >= 15 is 0 Å². The molecule has 1 atom stereocenters. The van der Waals surface area contributed by atoms with Crippen molar-refractivity contribution >= 4 is 17.9 Å². The molecule has 6 heteroatoms. The fourth-order valence-electron chi connectivity index (χ4n) is 8.52. The van der Waals surface area contributed by atoms with Crippen LogP contribution in [0.5, 0.6) is 0 Å². The summed E-state index contributed by atoms with van der Waals surface area (Å²) in [6.07, 6.45) is 97.0. The summed E-state index contributed by atoms with van der Waals surface area (Å²) < 4.78 is 16.8. The van der Waals surface area contributed by atoms with Crippen LogP contribution in [0.15, 0.2) is 158 Å². The molecule has 0 saturated carbocycles. The number of carbonyl (C=O) groups is 3. The first-order chi connectivity index (χ1) is 39.5. The van der Waals surface area contributed by atoms with Crippen molar-refractivity contribution in [1.29, 1.82) is 0 Å². The predicted molar refractivity (Wildman–Crippen MR) is 348 cm³/mol. The average molecular weight is 1100 g/mol. The third-order valence-electron chi connectivity index (χ3n) is 13.3. The van der Waals surface area contributed by atoms with Crippen molar-refractivity contribution in [3.63, 3.8) is 0 Å². The van der Waals surface area contributed by atoms with Crippen LogP contribution >= 0.6 is 0 Å². The number of carbonyl (C=O) groups excluding carboxylic acids is 3. The Labute approximate surface area is 492 Å². The van der Waals surface area contributed by atoms with E-state index in [1.165, 1.54) is 109 Å². The molecule has 0 heterocycles. The second-order valence-electron chi connectivity index (χ2n) is 20.9. The van der Waals surface area contributed by atoms with Crippen LogP contribution in [0.1, 0.15) is 271 Å². The quantitative estimate of drug-likeness (QED) is 0.0261. The normalized spacial score (nSPS) is 13.2. The zero-order valence-electron chi connectivity index (χ0n) is 51.5. The van der Waals surface area contributed by atoms with Gasteiger partial charge in [0.15, 0.2) is 6.10 Å². The van der Waals surface area contributed by atoms with Gasteiger partial charge in [0, 0.05) is 19.3 Å². The van der Waals surface area contributed by atoms with E-state index in [9.17, 15) is 14.4 Å². The number of ether oxygens (including phenoxy) is 3. The summed E-state index contributed by atoms with van der Waals surface area (Å²) in [4.78, 5) is 38.3. The summed E-state index contributed by atoms with van der Waals surface area (Å²) >= 11 is 0. The minimum atomic E-state index is -0.840. The molecule has 450 valence electrons. The summed E-state index contributed by atoms with van der Waals surface area (Å²) in [5.74, 6) is -1.07. The Morgan fingerprint density at radius 3 is 0.825 bits per heavy atom. The van der Waals surface area contributed by atoms with Crippen molar-refractivity contribution in [2.24, 2.45) is 0 Å². The van der Waals surface area contributed by atoms with Crippen LogP contribution in [-0.2, 0) is 28.6 Å². The van der Waals surface area contributed by atoms with Crippen LogP contribution in [0.2, 0.25) is 0 Å². The highest BCUT2D eigenvalue weighted by molar-refractivity contribution is 5.71. The first-order valence-corrected chi connectivity index (χ1v) is 32.5. The number of hydrogen-bond acceptors (Lipinski definition) is 6. The standard InChI is InChI=1S/C74H118O6/c1-4-7-10-13-16-19-22-25-28-31-34-36-37-38-41-43-46-49-52-55-58-61-64-67-73(76)79-70-71(69-78-72(75)66-63-60-57-54-51-48-45-42-39-33-30-27-24-21-18-15-12-9-6-3)80-74(77)68-65-62-59-56-53-50-47-44-40-35-32-29-26-23-20-17-14-11-8-5-2/h7,9-10,12,16,18-19,21,25,27-28,30,34,36,38-39,41-42,46,48-49,51,55,57-58,60,71H,4-6,8,11,13-15,17,20,22-24,26,29,31-33,35,37,40,43-45,47,50,52-54,56,59,61-70H2,1-3H3/b10-7-,12-9-,19-16-,21-18-,28-25-,30-27-,36-34-,41-38-,42-39-,49-46-,51-48-,58-55-,60-57-. The van der Waals surface area contributed by atoms with Gasteiger partial charge in [-0.2, -0.15) is 0 Å². The van der Waals surface area contributed by atoms with E-state index in [0.717, 1.165) is 109 Å². The van der Waals surface area contributed by atoms with Crippen molar-refractivity contribution in [3.05, 3.63) is 158 Å². The Hall–Kier alpha value is -4.97. The lowest BCUT2D eigenvalue weighted by molar-refractivity contribution is -0.166. The van der Waals surface area contributed by atoms with E-state index in [4.69, 9.17) is 14.2 Å². The second kappa shape index (κ2) is 66.5. The molecule has 0 amide bonds. The SMILES string of the molecule is CC/C=C\C/C=C\C/C=C\C/C=C\C/C=C\C/C=C\C/C=C\CCCC(=O)OCC(COC(=O)CC/C=C\C/C=C\C/C=C\C/C=C\C/C=C\C/C=C\CC)OC(=O)CCCCCCCCCCCCCCCCCCCCCC. The Morgan fingerprint density at radius 1 is 0.263 bits per heavy atom. The number of hydrogen-bond donors (Lipinski definition) is 0. The lowest BCUT2D eigenvalue weighted by Crippen LogP contribution is -2.30. The molecule has 0 fully saturated rings. The molecule has 80 heavy (non-hydrogen) atoms. The van der Waals surface area contributed by atoms with E-state index in [2.05, 4.69) is 173 Å². The summed E-state index contributed by atoms with van der Waals surface area (Å²) in [5.41, 5.74) is 0. The van der Waals surface area contributed by atoms with Gasteiger partial charge in [0.05, 0.1) is 0 Å². The molecule has 0 bridgehead atoms. The third kappa shape index (κ3) is 63.9. The molecular weight excluding hydrogens is 985 g/mol. The fourth-order valence-corrected chi connectivity index (χ4v) is 8.52. The van der Waals surface area contributed by atoms with Gasteiger partial charge in [0.25, 0.3) is 0 Å². The molecule has 1 unspecified atom stereocenters. The zero-order valence-corrected chi connectivity index (χ0v) is 51.5. The maximum atomic E-state index is 12.9. The van der Waals surface area contributed by atoms with Crippen LogP contribution < -0.4 is 0 Å². The molecule has 0 saturated heterocycles. The Balaban J connectivity index is 4.59. The van der Waals surface area contributed by atoms with Crippen LogP contribution in [-0.4, -0.2) is 37.2 Å². The first-order valence-electron chi connectivity index (χ1n) is 32.5. The van der Waals surface area contributed by atoms with Crippen molar-refractivity contribution in [2.75, 3.05) is 13.2 Å². The first kappa shape index (κ1) is 75.0. The highest BCUT2D eigenvalue weighted by Crippen LogP contribution is 2.16. The largest absolute Gasteiger partial charge is 0.462 e. The van der Waals surface area contributed by atoms with Gasteiger partial charge in [-0.3, -0.25) is 14.4 Å². The minimum absolute atomic E-state index is 0.136. The highest BCUT2D eigenvalue weighted by atomic mass is 16.6. The summed E-state index contributed by atoms with van der Waals surface area (Å²) in [5, 5.41) is 0. The van der Waals surface area contributed by atoms with E-state index in [1.54, 1.807) is 0 Å². The predicted octanol–water partition coefficient (Wildman–Crippen LogP) is 22.5. The second-order valence-corrected chi connectivity index (χ2v) is 20.9. The summed E-state index contributed by atoms with van der Waals surface area (Å²) in [6.45, 7) is 6.31.